The van der Waals surface area contributed by atoms with E-state index in [1.54, 1.807) is 41.3 Å². The number of anilines is 3. The number of ether oxygens (including phenoxy) is 1. The molecule has 1 fully saturated rings. The van der Waals surface area contributed by atoms with Gasteiger partial charge in [-0.05, 0) is 36.4 Å². The van der Waals surface area contributed by atoms with Crippen LogP contribution in [0.2, 0.25) is 5.02 Å². The van der Waals surface area contributed by atoms with Crippen molar-refractivity contribution in [2.24, 2.45) is 5.92 Å². The zero-order valence-corrected chi connectivity index (χ0v) is 20.4. The van der Waals surface area contributed by atoms with Crippen LogP contribution in [-0.2, 0) is 14.4 Å². The molecule has 34 heavy (non-hydrogen) atoms. The Morgan fingerprint density at radius 2 is 1.94 bits per heavy atom. The van der Waals surface area contributed by atoms with Crippen molar-refractivity contribution in [3.8, 4) is 5.75 Å². The van der Waals surface area contributed by atoms with E-state index in [9.17, 15) is 14.4 Å². The Labute approximate surface area is 208 Å². The second kappa shape index (κ2) is 10.9. The molecule has 9 nitrogen and oxygen atoms in total. The fraction of sp³-hybridized carbons (Fsp3) is 0.227. The highest BCUT2D eigenvalue weighted by Gasteiger charge is 2.36. The van der Waals surface area contributed by atoms with Gasteiger partial charge < -0.3 is 20.3 Å². The zero-order valence-electron chi connectivity index (χ0n) is 18.0. The summed E-state index contributed by atoms with van der Waals surface area (Å²) in [6.45, 7) is 0.246. The van der Waals surface area contributed by atoms with Crippen molar-refractivity contribution >= 4 is 68.9 Å². The summed E-state index contributed by atoms with van der Waals surface area (Å²) in [5.41, 5.74) is 1.28. The number of para-hydroxylation sites is 2. The fourth-order valence-electron chi connectivity index (χ4n) is 3.35. The summed E-state index contributed by atoms with van der Waals surface area (Å²) in [4.78, 5) is 38.9. The largest absolute Gasteiger partial charge is 0.495 e. The second-order valence-electron chi connectivity index (χ2n) is 7.28. The lowest BCUT2D eigenvalue weighted by molar-refractivity contribution is -0.122. The van der Waals surface area contributed by atoms with Gasteiger partial charge in [0, 0.05) is 23.7 Å². The van der Waals surface area contributed by atoms with E-state index in [0.29, 0.717) is 31.6 Å². The van der Waals surface area contributed by atoms with Crippen molar-refractivity contribution in [3.05, 3.63) is 53.6 Å². The molecule has 2 aromatic carbocycles. The third-order valence-corrected chi connectivity index (χ3v) is 7.19. The van der Waals surface area contributed by atoms with E-state index in [-0.39, 0.29) is 36.4 Å². The monoisotopic (exact) mass is 517 g/mol. The van der Waals surface area contributed by atoms with Crippen LogP contribution in [0.1, 0.15) is 6.42 Å². The number of methoxy groups -OCH3 is 1. The quantitative estimate of drug-likeness (QED) is 0.344. The summed E-state index contributed by atoms with van der Waals surface area (Å²) >= 11 is 8.22. The third-order valence-electron chi connectivity index (χ3n) is 4.96. The molecule has 2 heterocycles. The summed E-state index contributed by atoms with van der Waals surface area (Å²) < 4.78 is 5.87. The molecule has 0 saturated carbocycles. The highest BCUT2D eigenvalue weighted by atomic mass is 35.5. The van der Waals surface area contributed by atoms with E-state index in [2.05, 4.69) is 20.8 Å². The number of nitrogens with one attached hydrogen (secondary N) is 2. The van der Waals surface area contributed by atoms with Gasteiger partial charge in [-0.1, -0.05) is 46.8 Å². The molecule has 0 bridgehead atoms. The van der Waals surface area contributed by atoms with Crippen LogP contribution in [0, 0.1) is 5.92 Å². The Balaban J connectivity index is 1.29. The first-order chi connectivity index (χ1) is 16.4. The maximum absolute atomic E-state index is 12.7. The number of benzene rings is 2. The molecule has 0 aliphatic carbocycles. The summed E-state index contributed by atoms with van der Waals surface area (Å²) in [6.07, 6.45) is 0.0924. The van der Waals surface area contributed by atoms with Gasteiger partial charge in [0.25, 0.3) is 0 Å². The molecular formula is C22H20ClN5O4S2. The summed E-state index contributed by atoms with van der Waals surface area (Å²) in [5.74, 6) is -0.473. The van der Waals surface area contributed by atoms with E-state index in [4.69, 9.17) is 16.3 Å². The highest BCUT2D eigenvalue weighted by Crippen LogP contribution is 2.33. The van der Waals surface area contributed by atoms with Gasteiger partial charge >= 0.3 is 0 Å². The molecule has 4 rings (SSSR count). The van der Waals surface area contributed by atoms with Crippen molar-refractivity contribution in [2.45, 2.75) is 10.8 Å². The first kappa shape index (κ1) is 24.0. The lowest BCUT2D eigenvalue weighted by Crippen LogP contribution is -2.28. The standard InChI is InChI=1S/C22H20ClN5O4S2/c1-32-17-5-3-2-4-16(17)28-11-13(10-19(28)30)20(31)25-21-26-27-22(34-21)33-12-18(29)24-15-8-6-14(23)7-9-15/h2-9,13H,10-12H2,1H3,(H,24,29)(H,25,26,31). The number of carbonyl (C=O) groups excluding carboxylic acids is 3. The molecule has 1 atom stereocenters. The average molecular weight is 518 g/mol. The molecule has 12 heteroatoms. The average Bonchev–Trinajstić information content (AvgIpc) is 3.45. The molecule has 1 aliphatic heterocycles. The van der Waals surface area contributed by atoms with E-state index < -0.39 is 5.92 Å². The molecule has 1 saturated heterocycles. The van der Waals surface area contributed by atoms with E-state index in [0.717, 1.165) is 0 Å². The molecule has 1 aromatic heterocycles. The van der Waals surface area contributed by atoms with Gasteiger partial charge in [-0.15, -0.1) is 10.2 Å². The number of amides is 3. The second-order valence-corrected chi connectivity index (χ2v) is 9.92. The number of hydrogen-bond acceptors (Lipinski definition) is 8. The zero-order chi connectivity index (χ0) is 24.1. The third kappa shape index (κ3) is 5.85. The molecule has 176 valence electrons. The number of thioether (sulfide) groups is 1. The number of halogens is 1. The first-order valence-corrected chi connectivity index (χ1v) is 12.4. The number of hydrogen-bond donors (Lipinski definition) is 2. The summed E-state index contributed by atoms with van der Waals surface area (Å²) in [6, 6.07) is 14.0. The fourth-order valence-corrected chi connectivity index (χ4v) is 5.03. The minimum Gasteiger partial charge on any atom is -0.495 e. The van der Waals surface area contributed by atoms with Crippen LogP contribution in [0.15, 0.2) is 52.9 Å². The minimum atomic E-state index is -0.525. The summed E-state index contributed by atoms with van der Waals surface area (Å²) in [7, 11) is 1.54. The molecule has 3 amide bonds. The highest BCUT2D eigenvalue weighted by molar-refractivity contribution is 8.01. The Morgan fingerprint density at radius 1 is 1.18 bits per heavy atom. The Kier molecular flexibility index (Phi) is 7.66. The molecule has 1 aliphatic rings. The Bertz CT molecular complexity index is 1200. The van der Waals surface area contributed by atoms with Crippen LogP contribution in [0.3, 0.4) is 0 Å². The molecular weight excluding hydrogens is 498 g/mol. The molecule has 2 N–H and O–H groups in total. The van der Waals surface area contributed by atoms with E-state index in [1.807, 2.05) is 12.1 Å². The van der Waals surface area contributed by atoms with Crippen molar-refractivity contribution in [1.82, 2.24) is 10.2 Å². The number of carbonyl (C=O) groups is 3. The lowest BCUT2D eigenvalue weighted by atomic mass is 10.1. The minimum absolute atomic E-state index is 0.0924. The van der Waals surface area contributed by atoms with Crippen LogP contribution in [-0.4, -0.2) is 47.3 Å². The van der Waals surface area contributed by atoms with Crippen LogP contribution in [0.25, 0.3) is 0 Å². The van der Waals surface area contributed by atoms with Gasteiger partial charge in [0.05, 0.1) is 24.5 Å². The molecule has 3 aromatic rings. The van der Waals surface area contributed by atoms with Gasteiger partial charge in [0.2, 0.25) is 22.9 Å². The van der Waals surface area contributed by atoms with Gasteiger partial charge in [-0.2, -0.15) is 0 Å². The maximum Gasteiger partial charge on any atom is 0.234 e. The topological polar surface area (TPSA) is 114 Å². The number of rotatable bonds is 8. The first-order valence-electron chi connectivity index (χ1n) is 10.2. The SMILES string of the molecule is COc1ccccc1N1CC(C(=O)Nc2nnc(SCC(=O)Nc3ccc(Cl)cc3)s2)CC1=O. The van der Waals surface area contributed by atoms with Crippen molar-refractivity contribution < 1.29 is 19.1 Å². The molecule has 1 unspecified atom stereocenters. The molecule has 0 radical (unpaired) electrons. The van der Waals surface area contributed by atoms with Crippen molar-refractivity contribution in [1.29, 1.82) is 0 Å². The van der Waals surface area contributed by atoms with E-state index >= 15 is 0 Å². The van der Waals surface area contributed by atoms with E-state index in [1.165, 1.54) is 30.2 Å². The van der Waals surface area contributed by atoms with Crippen molar-refractivity contribution in [3.63, 3.8) is 0 Å². The van der Waals surface area contributed by atoms with Crippen molar-refractivity contribution in [2.75, 3.05) is 34.9 Å². The Morgan fingerprint density at radius 3 is 2.71 bits per heavy atom. The van der Waals surface area contributed by atoms with Crippen LogP contribution < -0.4 is 20.3 Å². The number of aromatic nitrogens is 2. The lowest BCUT2D eigenvalue weighted by Gasteiger charge is -2.19. The van der Waals surface area contributed by atoms with Gasteiger partial charge in [-0.3, -0.25) is 14.4 Å². The Hall–Kier alpha value is -3.15. The van der Waals surface area contributed by atoms with Gasteiger partial charge in [-0.25, -0.2) is 0 Å². The predicted octanol–water partition coefficient (Wildman–Crippen LogP) is 3.92. The predicted molar refractivity (Wildman–Crippen MR) is 133 cm³/mol. The maximum atomic E-state index is 12.7. The van der Waals surface area contributed by atoms with Crippen LogP contribution in [0.5, 0.6) is 5.75 Å². The van der Waals surface area contributed by atoms with Crippen LogP contribution >= 0.6 is 34.7 Å². The smallest absolute Gasteiger partial charge is 0.234 e. The summed E-state index contributed by atoms with van der Waals surface area (Å²) in [5, 5.41) is 14.4. The van der Waals surface area contributed by atoms with Gasteiger partial charge in [0.1, 0.15) is 5.75 Å². The normalized spacial score (nSPS) is 15.3. The molecule has 0 spiro atoms. The number of nitrogens with zero attached hydrogens (tertiary/aromatic N) is 3. The van der Waals surface area contributed by atoms with Gasteiger partial charge in [0.15, 0.2) is 4.34 Å². The van der Waals surface area contributed by atoms with Crippen LogP contribution in [0.4, 0.5) is 16.5 Å².